The number of carbonyl (C=O) groups is 2. The van der Waals surface area contributed by atoms with Gasteiger partial charge in [-0.15, -0.1) is 0 Å². The highest BCUT2D eigenvalue weighted by Gasteiger charge is 2.44. The molecule has 0 spiro atoms. The minimum Gasteiger partial charge on any atom is -0.503 e. The minimum atomic E-state index is -0.687. The van der Waals surface area contributed by atoms with Crippen LogP contribution in [0, 0.1) is 5.92 Å². The molecule has 0 saturated carbocycles. The van der Waals surface area contributed by atoms with Crippen LogP contribution in [-0.4, -0.2) is 37.0 Å². The fourth-order valence-corrected chi connectivity index (χ4v) is 4.15. The van der Waals surface area contributed by atoms with E-state index >= 15 is 0 Å². The van der Waals surface area contributed by atoms with E-state index in [1.165, 1.54) is 4.90 Å². The van der Waals surface area contributed by atoms with Gasteiger partial charge in [-0.25, -0.2) is 0 Å². The molecule has 1 aliphatic rings. The van der Waals surface area contributed by atoms with Crippen molar-refractivity contribution in [2.45, 2.75) is 40.2 Å². The number of amides is 1. The van der Waals surface area contributed by atoms with Crippen molar-refractivity contribution in [2.24, 2.45) is 5.92 Å². The molecule has 1 aliphatic heterocycles. The number of ketones is 1. The summed E-state index contributed by atoms with van der Waals surface area (Å²) in [6.07, 6.45) is 0.261. The molecule has 6 heteroatoms. The number of ether oxygens (including phenoxy) is 1. The van der Waals surface area contributed by atoms with Gasteiger partial charge < -0.3 is 14.7 Å². The van der Waals surface area contributed by atoms with Crippen molar-refractivity contribution in [3.8, 4) is 5.75 Å². The third-order valence-electron chi connectivity index (χ3n) is 5.79. The number of aliphatic hydroxyl groups excluding tert-OH is 1. The monoisotopic (exact) mass is 436 g/mol. The molecule has 170 valence electrons. The Morgan fingerprint density at radius 1 is 1.06 bits per heavy atom. The number of nitrogens with zero attached hydrogens (tertiary/aromatic N) is 2. The van der Waals surface area contributed by atoms with Crippen LogP contribution in [0.2, 0.25) is 0 Å². The summed E-state index contributed by atoms with van der Waals surface area (Å²) >= 11 is 0. The van der Waals surface area contributed by atoms with Crippen molar-refractivity contribution >= 4 is 23.1 Å². The number of benzene rings is 2. The maximum atomic E-state index is 13.1. The molecule has 1 amide bonds. The van der Waals surface area contributed by atoms with E-state index in [1.807, 2.05) is 38.1 Å². The summed E-state index contributed by atoms with van der Waals surface area (Å²) in [6.45, 7) is 9.86. The first-order valence-electron chi connectivity index (χ1n) is 11.1. The molecule has 1 heterocycles. The highest BCUT2D eigenvalue weighted by Crippen LogP contribution is 2.42. The number of anilines is 2. The van der Waals surface area contributed by atoms with Crippen LogP contribution in [0.1, 0.15) is 45.7 Å². The normalized spacial score (nSPS) is 16.1. The summed E-state index contributed by atoms with van der Waals surface area (Å²) in [5, 5.41) is 10.8. The number of hydrogen-bond acceptors (Lipinski definition) is 5. The van der Waals surface area contributed by atoms with Crippen molar-refractivity contribution in [1.82, 2.24) is 0 Å². The predicted octanol–water partition coefficient (Wildman–Crippen LogP) is 5.06. The van der Waals surface area contributed by atoms with Gasteiger partial charge in [-0.2, -0.15) is 0 Å². The molecule has 1 unspecified atom stereocenters. The van der Waals surface area contributed by atoms with Crippen LogP contribution < -0.4 is 14.5 Å². The van der Waals surface area contributed by atoms with E-state index in [2.05, 4.69) is 18.7 Å². The molecule has 0 fully saturated rings. The van der Waals surface area contributed by atoms with Crippen molar-refractivity contribution < 1.29 is 19.4 Å². The molecule has 0 aliphatic carbocycles. The predicted molar refractivity (Wildman–Crippen MR) is 127 cm³/mol. The van der Waals surface area contributed by atoms with Crippen LogP contribution in [0.15, 0.2) is 59.9 Å². The van der Waals surface area contributed by atoms with Crippen LogP contribution in [0.25, 0.3) is 0 Å². The summed E-state index contributed by atoms with van der Waals surface area (Å²) in [6, 6.07) is 14.2. The Labute approximate surface area is 190 Å². The average Bonchev–Trinajstić information content (AvgIpc) is 3.05. The molecule has 6 nitrogen and oxygen atoms in total. The van der Waals surface area contributed by atoms with Gasteiger partial charge in [0.05, 0.1) is 18.7 Å². The lowest BCUT2D eigenvalue weighted by Gasteiger charge is -2.28. The van der Waals surface area contributed by atoms with E-state index < -0.39 is 17.7 Å². The molecular weight excluding hydrogens is 404 g/mol. The number of aliphatic hydroxyl groups is 1. The standard InChI is InChI=1S/C26H32N2O4/c1-6-27(7-2)19-10-8-18(9-11-19)24-23(22(29)16-17(3)4)25(30)26(31)28(24)20-12-14-21(32-5)15-13-20/h8-15,17,24,30H,6-7,16H2,1-5H3. The molecule has 2 aromatic carbocycles. The van der Waals surface area contributed by atoms with Gasteiger partial charge in [0.2, 0.25) is 0 Å². The van der Waals surface area contributed by atoms with Gasteiger partial charge in [0.15, 0.2) is 11.5 Å². The number of carbonyl (C=O) groups excluding carboxylic acids is 2. The highest BCUT2D eigenvalue weighted by atomic mass is 16.5. The molecule has 0 aromatic heterocycles. The van der Waals surface area contributed by atoms with Gasteiger partial charge >= 0.3 is 0 Å². The largest absolute Gasteiger partial charge is 0.503 e. The van der Waals surface area contributed by atoms with Crippen LogP contribution in [0.3, 0.4) is 0 Å². The molecule has 1 atom stereocenters. The fourth-order valence-electron chi connectivity index (χ4n) is 4.15. The van der Waals surface area contributed by atoms with Crippen molar-refractivity contribution in [1.29, 1.82) is 0 Å². The molecule has 1 N–H and O–H groups in total. The molecule has 0 bridgehead atoms. The molecule has 0 saturated heterocycles. The Morgan fingerprint density at radius 2 is 1.66 bits per heavy atom. The highest BCUT2D eigenvalue weighted by molar-refractivity contribution is 6.16. The zero-order valence-electron chi connectivity index (χ0n) is 19.5. The number of hydrogen-bond donors (Lipinski definition) is 1. The Balaban J connectivity index is 2.09. The third-order valence-corrected chi connectivity index (χ3v) is 5.79. The molecule has 2 aromatic rings. The molecule has 3 rings (SSSR count). The summed E-state index contributed by atoms with van der Waals surface area (Å²) < 4.78 is 5.23. The van der Waals surface area contributed by atoms with E-state index in [1.54, 1.807) is 31.4 Å². The van der Waals surface area contributed by atoms with Gasteiger partial charge in [-0.1, -0.05) is 26.0 Å². The molecule has 0 radical (unpaired) electrons. The van der Waals surface area contributed by atoms with E-state index in [0.717, 1.165) is 24.3 Å². The first-order chi connectivity index (χ1) is 15.3. The van der Waals surface area contributed by atoms with Crippen molar-refractivity contribution in [2.75, 3.05) is 30.0 Å². The van der Waals surface area contributed by atoms with E-state index in [-0.39, 0.29) is 23.7 Å². The molecular formula is C26H32N2O4. The first kappa shape index (κ1) is 23.4. The first-order valence-corrected chi connectivity index (χ1v) is 11.1. The number of rotatable bonds is 9. The second kappa shape index (κ2) is 9.90. The lowest BCUT2D eigenvalue weighted by Crippen LogP contribution is -2.31. The second-order valence-corrected chi connectivity index (χ2v) is 8.32. The van der Waals surface area contributed by atoms with Crippen molar-refractivity contribution in [3.05, 3.63) is 65.4 Å². The Kier molecular flexibility index (Phi) is 7.23. The van der Waals surface area contributed by atoms with Gasteiger partial charge in [0, 0.05) is 30.9 Å². The summed E-state index contributed by atoms with van der Waals surface area (Å²) in [7, 11) is 1.58. The second-order valence-electron chi connectivity index (χ2n) is 8.32. The van der Waals surface area contributed by atoms with E-state index in [4.69, 9.17) is 4.74 Å². The van der Waals surface area contributed by atoms with Gasteiger partial charge in [-0.3, -0.25) is 14.5 Å². The Bertz CT molecular complexity index is 989. The fraction of sp³-hybridized carbons (Fsp3) is 0.385. The topological polar surface area (TPSA) is 70.1 Å². The summed E-state index contributed by atoms with van der Waals surface area (Å²) in [4.78, 5) is 30.0. The average molecular weight is 437 g/mol. The van der Waals surface area contributed by atoms with E-state index in [0.29, 0.717) is 11.4 Å². The smallest absolute Gasteiger partial charge is 0.294 e. The quantitative estimate of drug-likeness (QED) is 0.595. The zero-order valence-corrected chi connectivity index (χ0v) is 19.5. The van der Waals surface area contributed by atoms with E-state index in [9.17, 15) is 14.7 Å². The van der Waals surface area contributed by atoms with Gasteiger partial charge in [0.25, 0.3) is 5.91 Å². The Hall–Kier alpha value is -3.28. The maximum Gasteiger partial charge on any atom is 0.294 e. The van der Waals surface area contributed by atoms with Crippen LogP contribution in [0.5, 0.6) is 5.75 Å². The third kappa shape index (κ3) is 4.49. The van der Waals surface area contributed by atoms with Crippen LogP contribution in [0.4, 0.5) is 11.4 Å². The Morgan fingerprint density at radius 3 is 2.16 bits per heavy atom. The summed E-state index contributed by atoms with van der Waals surface area (Å²) in [5.74, 6) is -0.475. The number of methoxy groups -OCH3 is 1. The van der Waals surface area contributed by atoms with Gasteiger partial charge in [0.1, 0.15) is 5.75 Å². The van der Waals surface area contributed by atoms with Gasteiger partial charge in [-0.05, 0) is 61.7 Å². The van der Waals surface area contributed by atoms with Crippen molar-refractivity contribution in [3.63, 3.8) is 0 Å². The zero-order chi connectivity index (χ0) is 23.4. The lowest BCUT2D eigenvalue weighted by molar-refractivity contribution is -0.118. The number of Topliss-reactive ketones (excluding diaryl/α,β-unsaturated/α-hetero) is 1. The molecule has 32 heavy (non-hydrogen) atoms. The van der Waals surface area contributed by atoms with Crippen LogP contribution in [-0.2, 0) is 9.59 Å². The SMILES string of the molecule is CCN(CC)c1ccc(C2C(C(=O)CC(C)C)=C(O)C(=O)N2c2ccc(OC)cc2)cc1. The summed E-state index contributed by atoms with van der Waals surface area (Å²) in [5.41, 5.74) is 2.60. The van der Waals surface area contributed by atoms with Crippen LogP contribution >= 0.6 is 0 Å². The maximum absolute atomic E-state index is 13.1. The minimum absolute atomic E-state index is 0.110. The lowest BCUT2D eigenvalue weighted by atomic mass is 9.92.